The molecule has 0 heterocycles. The number of hydrazine groups is 1. The van der Waals surface area contributed by atoms with Gasteiger partial charge in [0.2, 0.25) is 0 Å². The minimum atomic E-state index is -0.754. The number of carbonyl (C=O) groups is 2. The van der Waals surface area contributed by atoms with E-state index in [9.17, 15) is 9.59 Å². The molecule has 0 rings (SSSR count). The van der Waals surface area contributed by atoms with E-state index in [0.717, 1.165) is 0 Å². The zero-order chi connectivity index (χ0) is 10.5. The van der Waals surface area contributed by atoms with E-state index in [1.807, 2.05) is 10.9 Å². The van der Waals surface area contributed by atoms with Gasteiger partial charge in [-0.25, -0.2) is 10.2 Å². The minimum Gasteiger partial charge on any atom is -0.443 e. The quantitative estimate of drug-likeness (QED) is 0.416. The van der Waals surface area contributed by atoms with Crippen molar-refractivity contribution in [1.82, 2.24) is 10.9 Å². The van der Waals surface area contributed by atoms with Crippen LogP contribution in [0.25, 0.3) is 0 Å². The van der Waals surface area contributed by atoms with Crippen molar-refractivity contribution in [3.05, 3.63) is 0 Å². The van der Waals surface area contributed by atoms with Gasteiger partial charge in [0, 0.05) is 0 Å². The predicted octanol–water partition coefficient (Wildman–Crippen LogP) is 0.175. The molecular weight excluding hydrogens is 172 g/mol. The molecule has 0 aromatic rings. The Balaban J connectivity index is 3.79. The summed E-state index contributed by atoms with van der Waals surface area (Å²) in [6.07, 6.45) is 3.98. The monoisotopic (exact) mass is 184 g/mol. The largest absolute Gasteiger partial charge is 0.443 e. The fourth-order valence-electron chi connectivity index (χ4n) is 0.447. The van der Waals surface area contributed by atoms with E-state index >= 15 is 0 Å². The van der Waals surface area contributed by atoms with Crippen LogP contribution < -0.4 is 10.9 Å². The van der Waals surface area contributed by atoms with Crippen LogP contribution in [0.15, 0.2) is 0 Å². The number of hydrogen-bond donors (Lipinski definition) is 2. The van der Waals surface area contributed by atoms with Crippen LogP contribution in [0.5, 0.6) is 0 Å². The van der Waals surface area contributed by atoms with Crippen LogP contribution in [0, 0.1) is 12.3 Å². The molecule has 5 nitrogen and oxygen atoms in total. The van der Waals surface area contributed by atoms with E-state index < -0.39 is 17.6 Å². The van der Waals surface area contributed by atoms with Crippen LogP contribution >= 0.6 is 0 Å². The maximum atomic E-state index is 10.9. The third-order valence-corrected chi connectivity index (χ3v) is 0.808. The third-order valence-electron chi connectivity index (χ3n) is 0.808. The molecule has 0 aliphatic heterocycles. The summed E-state index contributed by atoms with van der Waals surface area (Å²) in [6, 6.07) is 0. The van der Waals surface area contributed by atoms with E-state index in [2.05, 4.69) is 0 Å². The molecule has 0 radical (unpaired) electrons. The first kappa shape index (κ1) is 11.3. The summed E-state index contributed by atoms with van der Waals surface area (Å²) in [5, 5.41) is 0. The highest BCUT2D eigenvalue weighted by molar-refractivity contribution is 5.93. The Morgan fingerprint density at radius 2 is 1.85 bits per heavy atom. The van der Waals surface area contributed by atoms with Crippen molar-refractivity contribution in [2.45, 2.75) is 26.4 Å². The van der Waals surface area contributed by atoms with Crippen molar-refractivity contribution in [1.29, 1.82) is 0 Å². The highest BCUT2D eigenvalue weighted by atomic mass is 16.6. The maximum absolute atomic E-state index is 10.9. The van der Waals surface area contributed by atoms with E-state index in [1.54, 1.807) is 26.7 Å². The molecule has 0 saturated heterocycles. The van der Waals surface area contributed by atoms with Crippen molar-refractivity contribution in [2.24, 2.45) is 0 Å². The molecule has 0 unspecified atom stereocenters. The van der Waals surface area contributed by atoms with Crippen LogP contribution in [0.2, 0.25) is 0 Å². The molecule has 0 fully saturated rings. The Morgan fingerprint density at radius 3 is 2.23 bits per heavy atom. The molecule has 0 bridgehead atoms. The molecule has 72 valence electrons. The van der Waals surface area contributed by atoms with Gasteiger partial charge in [0.15, 0.2) is 0 Å². The number of nitrogens with one attached hydrogen (secondary N) is 2. The Morgan fingerprint density at radius 1 is 1.31 bits per heavy atom. The van der Waals surface area contributed by atoms with Gasteiger partial charge in [-0.05, 0) is 26.7 Å². The molecule has 0 aliphatic carbocycles. The minimum absolute atomic E-state index is 0.606. The van der Waals surface area contributed by atoms with Gasteiger partial charge in [-0.1, -0.05) is 0 Å². The number of carbonyl (C=O) groups excluding carboxylic acids is 2. The van der Waals surface area contributed by atoms with Crippen LogP contribution in [-0.4, -0.2) is 17.6 Å². The Bertz CT molecular complexity index is 247. The lowest BCUT2D eigenvalue weighted by atomic mass is 10.2. The van der Waals surface area contributed by atoms with Gasteiger partial charge in [0.05, 0.1) is 0 Å². The van der Waals surface area contributed by atoms with E-state index in [0.29, 0.717) is 0 Å². The van der Waals surface area contributed by atoms with E-state index in [-0.39, 0.29) is 0 Å². The number of ether oxygens (including phenoxy) is 1. The summed E-state index contributed by atoms with van der Waals surface area (Å²) in [6.45, 7) is 5.11. The zero-order valence-electron chi connectivity index (χ0n) is 7.80. The first-order chi connectivity index (χ1) is 5.85. The first-order valence-corrected chi connectivity index (χ1v) is 3.61. The van der Waals surface area contributed by atoms with Crippen molar-refractivity contribution >= 4 is 12.0 Å². The van der Waals surface area contributed by atoms with Gasteiger partial charge in [-0.3, -0.25) is 10.2 Å². The molecule has 0 atom stereocenters. The molecule has 0 spiro atoms. The second kappa shape index (κ2) is 4.36. The summed E-state index contributed by atoms with van der Waals surface area (Å²) in [7, 11) is 0. The average Bonchev–Trinajstić information content (AvgIpc) is 1.97. The maximum Gasteiger partial charge on any atom is 0.426 e. The normalized spacial score (nSPS) is 9.69. The van der Waals surface area contributed by atoms with E-state index in [1.165, 1.54) is 0 Å². The third kappa shape index (κ3) is 6.69. The van der Waals surface area contributed by atoms with Crippen LogP contribution in [0.1, 0.15) is 20.8 Å². The highest BCUT2D eigenvalue weighted by Crippen LogP contribution is 2.05. The summed E-state index contributed by atoms with van der Waals surface area (Å²) in [5.74, 6) is 1.03. The molecule has 13 heavy (non-hydrogen) atoms. The topological polar surface area (TPSA) is 67.4 Å². The second-order valence-electron chi connectivity index (χ2n) is 3.23. The molecule has 0 aromatic carbocycles. The van der Waals surface area contributed by atoms with Crippen molar-refractivity contribution in [3.63, 3.8) is 0 Å². The van der Waals surface area contributed by atoms with Gasteiger partial charge in [0.25, 0.3) is 0 Å². The number of terminal acetylenes is 1. The highest BCUT2D eigenvalue weighted by Gasteiger charge is 2.15. The predicted molar refractivity (Wildman–Crippen MR) is 46.3 cm³/mol. The number of amides is 2. The van der Waals surface area contributed by atoms with Crippen molar-refractivity contribution in [3.8, 4) is 12.3 Å². The van der Waals surface area contributed by atoms with Crippen LogP contribution in [-0.2, 0) is 9.53 Å². The van der Waals surface area contributed by atoms with Crippen LogP contribution in [0.4, 0.5) is 4.79 Å². The summed E-state index contributed by atoms with van der Waals surface area (Å²) in [5.41, 5.74) is 3.34. The number of hydrogen-bond acceptors (Lipinski definition) is 3. The standard InChI is InChI=1S/C8H12N2O3/c1-5-6(11)9-10-7(12)13-8(2,3)4/h1H,2-4H3,(H,9,11)(H,10,12). The molecule has 5 heteroatoms. The number of rotatable bonds is 0. The zero-order valence-corrected chi connectivity index (χ0v) is 7.80. The van der Waals surface area contributed by atoms with Crippen LogP contribution in [0.3, 0.4) is 0 Å². The first-order valence-electron chi connectivity index (χ1n) is 3.61. The van der Waals surface area contributed by atoms with Gasteiger partial charge >= 0.3 is 12.0 Å². The van der Waals surface area contributed by atoms with Gasteiger partial charge < -0.3 is 4.74 Å². The summed E-state index contributed by atoms with van der Waals surface area (Å²) >= 11 is 0. The Hall–Kier alpha value is -1.70. The molecule has 0 aliphatic rings. The average molecular weight is 184 g/mol. The Labute approximate surface area is 76.8 Å². The molecule has 0 saturated carbocycles. The fourth-order valence-corrected chi connectivity index (χ4v) is 0.447. The molecule has 0 aromatic heterocycles. The Kier molecular flexibility index (Phi) is 3.79. The summed E-state index contributed by atoms with van der Waals surface area (Å²) < 4.78 is 4.80. The van der Waals surface area contributed by atoms with Gasteiger partial charge in [-0.15, -0.1) is 6.42 Å². The van der Waals surface area contributed by atoms with Crippen molar-refractivity contribution < 1.29 is 14.3 Å². The molecular formula is C8H12N2O3. The molecule has 2 amide bonds. The lowest BCUT2D eigenvalue weighted by molar-refractivity contribution is -0.116. The fraction of sp³-hybridized carbons (Fsp3) is 0.500. The van der Waals surface area contributed by atoms with Crippen molar-refractivity contribution in [2.75, 3.05) is 0 Å². The van der Waals surface area contributed by atoms with Gasteiger partial charge in [-0.2, -0.15) is 0 Å². The smallest absolute Gasteiger partial charge is 0.426 e. The van der Waals surface area contributed by atoms with E-state index in [4.69, 9.17) is 11.2 Å². The molecule has 2 N–H and O–H groups in total. The SMILES string of the molecule is C#CC(=O)NNC(=O)OC(C)(C)C. The second-order valence-corrected chi connectivity index (χ2v) is 3.23. The lowest BCUT2D eigenvalue weighted by Crippen LogP contribution is -2.43. The lowest BCUT2D eigenvalue weighted by Gasteiger charge is -2.19. The summed E-state index contributed by atoms with van der Waals surface area (Å²) in [4.78, 5) is 21.3. The van der Waals surface area contributed by atoms with Gasteiger partial charge in [0.1, 0.15) is 5.60 Å².